The first-order valence-corrected chi connectivity index (χ1v) is 9.32. The Morgan fingerprint density at radius 1 is 1.36 bits per heavy atom. The number of nitrogens with zero attached hydrogens (tertiary/aromatic N) is 1. The van der Waals surface area contributed by atoms with Gasteiger partial charge in [-0.25, -0.2) is 0 Å². The van der Waals surface area contributed by atoms with Crippen molar-refractivity contribution in [1.29, 1.82) is 0 Å². The van der Waals surface area contributed by atoms with E-state index in [1.54, 1.807) is 11.7 Å². The molecule has 6 N–H and O–H groups in total. The van der Waals surface area contributed by atoms with Crippen LogP contribution in [0.3, 0.4) is 0 Å². The van der Waals surface area contributed by atoms with Gasteiger partial charge in [0.2, 0.25) is 5.91 Å². The number of hydrogen-bond acceptors (Lipinski definition) is 5. The first-order chi connectivity index (χ1) is 11.6. The van der Waals surface area contributed by atoms with Crippen LogP contribution in [0.1, 0.15) is 33.1 Å². The molecule has 25 heavy (non-hydrogen) atoms. The topological polar surface area (TPSA) is 130 Å². The maximum absolute atomic E-state index is 12.5. The van der Waals surface area contributed by atoms with Crippen molar-refractivity contribution < 1.29 is 19.7 Å². The standard InChI is InChI=1S/C17H32BN3O4/c1-10(2)14(19)15(22)21-8-11-7-17(20,16(23)24)13(12(11)9-21)5-4-6-18(3)25/h10-14,25H,4-9,19-20H2,1-3H3,(H,23,24). The van der Waals surface area contributed by atoms with E-state index >= 15 is 0 Å². The summed E-state index contributed by atoms with van der Waals surface area (Å²) in [5.74, 6) is -0.908. The van der Waals surface area contributed by atoms with Crippen LogP contribution in [-0.4, -0.2) is 58.5 Å². The van der Waals surface area contributed by atoms with Gasteiger partial charge < -0.3 is 26.5 Å². The number of carboxylic acids is 1. The van der Waals surface area contributed by atoms with Crippen LogP contribution in [0.2, 0.25) is 13.1 Å². The van der Waals surface area contributed by atoms with Crippen LogP contribution < -0.4 is 11.5 Å². The van der Waals surface area contributed by atoms with E-state index in [4.69, 9.17) is 11.5 Å². The molecule has 1 amide bonds. The average Bonchev–Trinajstić information content (AvgIpc) is 3.02. The largest absolute Gasteiger partial charge is 0.480 e. The van der Waals surface area contributed by atoms with E-state index < -0.39 is 24.5 Å². The number of rotatable bonds is 7. The summed E-state index contributed by atoms with van der Waals surface area (Å²) in [4.78, 5) is 26.1. The molecule has 5 unspecified atom stereocenters. The second-order valence-electron chi connectivity index (χ2n) is 8.37. The summed E-state index contributed by atoms with van der Waals surface area (Å²) >= 11 is 0. The van der Waals surface area contributed by atoms with E-state index in [0.29, 0.717) is 32.3 Å². The summed E-state index contributed by atoms with van der Waals surface area (Å²) in [6.45, 7) is 6.26. The van der Waals surface area contributed by atoms with Crippen molar-refractivity contribution in [3.63, 3.8) is 0 Å². The van der Waals surface area contributed by atoms with E-state index in [9.17, 15) is 19.7 Å². The van der Waals surface area contributed by atoms with E-state index in [1.165, 1.54) is 0 Å². The molecule has 0 aromatic carbocycles. The van der Waals surface area contributed by atoms with E-state index in [1.807, 2.05) is 13.8 Å². The Morgan fingerprint density at radius 2 is 2.00 bits per heavy atom. The number of amides is 1. The summed E-state index contributed by atoms with van der Waals surface area (Å²) in [6.07, 6.45) is 2.42. The molecule has 1 aliphatic heterocycles. The summed E-state index contributed by atoms with van der Waals surface area (Å²) < 4.78 is 0. The fourth-order valence-corrected chi connectivity index (χ4v) is 4.56. The SMILES string of the molecule is CB(O)CCCC1C2CN(C(=O)C(N)C(C)C)CC2CC1(N)C(=O)O. The van der Waals surface area contributed by atoms with Crippen molar-refractivity contribution in [2.45, 2.75) is 57.8 Å². The van der Waals surface area contributed by atoms with Gasteiger partial charge in [0, 0.05) is 13.1 Å². The number of hydrogen-bond donors (Lipinski definition) is 4. The predicted octanol–water partition coefficient (Wildman–Crippen LogP) is 0.240. The van der Waals surface area contributed by atoms with Gasteiger partial charge in [0.15, 0.2) is 0 Å². The normalized spacial score (nSPS) is 32.8. The zero-order valence-corrected chi connectivity index (χ0v) is 15.5. The highest BCUT2D eigenvalue weighted by Crippen LogP contribution is 2.49. The van der Waals surface area contributed by atoms with Gasteiger partial charge in [-0.15, -0.1) is 0 Å². The lowest BCUT2D eigenvalue weighted by atomic mass is 9.65. The maximum Gasteiger partial charge on any atom is 0.323 e. The molecule has 7 nitrogen and oxygen atoms in total. The molecule has 2 rings (SSSR count). The Hall–Kier alpha value is -1.12. The number of aliphatic carboxylic acids is 1. The minimum Gasteiger partial charge on any atom is -0.480 e. The van der Waals surface area contributed by atoms with Crippen molar-refractivity contribution in [3.8, 4) is 0 Å². The van der Waals surface area contributed by atoms with Crippen LogP contribution in [0.5, 0.6) is 0 Å². The molecule has 0 radical (unpaired) electrons. The highest BCUT2D eigenvalue weighted by Gasteiger charge is 2.58. The molecular formula is C17H32BN3O4. The van der Waals surface area contributed by atoms with Crippen molar-refractivity contribution in [3.05, 3.63) is 0 Å². The molecule has 0 spiro atoms. The fraction of sp³-hybridized carbons (Fsp3) is 0.882. The lowest BCUT2D eigenvalue weighted by Gasteiger charge is -2.32. The van der Waals surface area contributed by atoms with E-state index in [2.05, 4.69) is 0 Å². The van der Waals surface area contributed by atoms with Gasteiger partial charge in [-0.05, 0) is 42.8 Å². The fourth-order valence-electron chi connectivity index (χ4n) is 4.56. The highest BCUT2D eigenvalue weighted by molar-refractivity contribution is 6.48. The second-order valence-corrected chi connectivity index (χ2v) is 8.37. The lowest BCUT2D eigenvalue weighted by molar-refractivity contribution is -0.145. The summed E-state index contributed by atoms with van der Waals surface area (Å²) in [6, 6.07) is -0.519. The number of likely N-dealkylation sites (tertiary alicyclic amines) is 1. The molecule has 1 heterocycles. The second kappa shape index (κ2) is 7.64. The molecule has 1 saturated carbocycles. The predicted molar refractivity (Wildman–Crippen MR) is 96.9 cm³/mol. The Labute approximate surface area is 150 Å². The lowest BCUT2D eigenvalue weighted by Crippen LogP contribution is -2.54. The number of carboxylic acid groups (broad SMARTS) is 1. The smallest absolute Gasteiger partial charge is 0.323 e. The zero-order chi connectivity index (χ0) is 18.9. The van der Waals surface area contributed by atoms with Gasteiger partial charge >= 0.3 is 5.97 Å². The third-order valence-corrected chi connectivity index (χ3v) is 6.12. The summed E-state index contributed by atoms with van der Waals surface area (Å²) in [5, 5.41) is 19.1. The molecule has 8 heteroatoms. The molecule has 0 aromatic rings. The molecular weight excluding hydrogens is 321 g/mol. The first-order valence-electron chi connectivity index (χ1n) is 9.32. The number of carbonyl (C=O) groups excluding carboxylic acids is 1. The molecule has 2 fully saturated rings. The zero-order valence-electron chi connectivity index (χ0n) is 15.5. The van der Waals surface area contributed by atoms with Crippen LogP contribution in [0.4, 0.5) is 0 Å². The van der Waals surface area contributed by atoms with Crippen LogP contribution in [-0.2, 0) is 9.59 Å². The van der Waals surface area contributed by atoms with Crippen molar-refractivity contribution in [1.82, 2.24) is 4.90 Å². The minimum absolute atomic E-state index is 0.0509. The monoisotopic (exact) mass is 353 g/mol. The number of fused-ring (bicyclic) bond motifs is 1. The summed E-state index contributed by atoms with van der Waals surface area (Å²) in [5.41, 5.74) is 11.1. The molecule has 1 saturated heterocycles. The van der Waals surface area contributed by atoms with Gasteiger partial charge in [-0.1, -0.05) is 27.1 Å². The van der Waals surface area contributed by atoms with Gasteiger partial charge in [-0.3, -0.25) is 9.59 Å². The van der Waals surface area contributed by atoms with Crippen molar-refractivity contribution >= 4 is 18.8 Å². The third-order valence-electron chi connectivity index (χ3n) is 6.12. The molecule has 1 aliphatic carbocycles. The first kappa shape index (κ1) is 20.2. The molecule has 142 valence electrons. The van der Waals surface area contributed by atoms with Crippen LogP contribution >= 0.6 is 0 Å². The molecule has 0 aromatic heterocycles. The van der Waals surface area contributed by atoms with E-state index in [0.717, 1.165) is 6.42 Å². The minimum atomic E-state index is -1.23. The van der Waals surface area contributed by atoms with E-state index in [-0.39, 0.29) is 29.6 Å². The van der Waals surface area contributed by atoms with Crippen molar-refractivity contribution in [2.75, 3.05) is 13.1 Å². The Bertz CT molecular complexity index is 516. The van der Waals surface area contributed by atoms with Crippen molar-refractivity contribution in [2.24, 2.45) is 35.1 Å². The Balaban J connectivity index is 2.10. The highest BCUT2D eigenvalue weighted by atomic mass is 16.4. The van der Waals surface area contributed by atoms with Crippen LogP contribution in [0.15, 0.2) is 0 Å². The third kappa shape index (κ3) is 4.01. The summed E-state index contributed by atoms with van der Waals surface area (Å²) in [7, 11) is 0. The molecule has 0 bridgehead atoms. The van der Waals surface area contributed by atoms with Gasteiger partial charge in [0.05, 0.1) is 6.04 Å². The quantitative estimate of drug-likeness (QED) is 0.485. The number of carbonyl (C=O) groups is 2. The Kier molecular flexibility index (Phi) is 6.17. The van der Waals surface area contributed by atoms with Gasteiger partial charge in [0.25, 0.3) is 6.92 Å². The van der Waals surface area contributed by atoms with Gasteiger partial charge in [-0.2, -0.15) is 0 Å². The number of nitrogens with two attached hydrogens (primary N) is 2. The maximum atomic E-state index is 12.5. The Morgan fingerprint density at radius 3 is 2.52 bits per heavy atom. The molecule has 2 aliphatic rings. The van der Waals surface area contributed by atoms with Crippen LogP contribution in [0, 0.1) is 23.7 Å². The molecule has 5 atom stereocenters. The van der Waals surface area contributed by atoms with Crippen LogP contribution in [0.25, 0.3) is 0 Å². The van der Waals surface area contributed by atoms with Gasteiger partial charge in [0.1, 0.15) is 5.54 Å². The average molecular weight is 353 g/mol.